The van der Waals surface area contributed by atoms with Gasteiger partial charge in [-0.2, -0.15) is 0 Å². The summed E-state index contributed by atoms with van der Waals surface area (Å²) in [5.41, 5.74) is 5.90. The van der Waals surface area contributed by atoms with Gasteiger partial charge in [0.2, 0.25) is 0 Å². The zero-order valence-corrected chi connectivity index (χ0v) is 18.1. The standard InChI is InChI=1S/C23H26N4O4/c1-22(2)10-5-11-23(3,4)27(22)21(31)13-6-8-14(9-7-13)26-16(28)12-15-17(18(26)24)20(30)25-19(15)29/h6-9,12H,5,10-11,24H2,1-4H3,(H,25,29,30). The van der Waals surface area contributed by atoms with Gasteiger partial charge in [-0.1, -0.05) is 0 Å². The molecule has 3 amide bonds. The largest absolute Gasteiger partial charge is 0.384 e. The summed E-state index contributed by atoms with van der Waals surface area (Å²) in [5.74, 6) is -1.44. The average molecular weight is 422 g/mol. The monoisotopic (exact) mass is 422 g/mol. The lowest BCUT2D eigenvalue weighted by molar-refractivity contribution is -0.0111. The molecule has 31 heavy (non-hydrogen) atoms. The van der Waals surface area contributed by atoms with Crippen molar-refractivity contribution in [3.05, 3.63) is 57.4 Å². The normalized spacial score (nSPS) is 19.2. The van der Waals surface area contributed by atoms with Gasteiger partial charge in [-0.05, 0) is 71.2 Å². The number of aromatic nitrogens is 1. The summed E-state index contributed by atoms with van der Waals surface area (Å²) in [6.45, 7) is 8.32. The number of carbonyl (C=O) groups excluding carboxylic acids is 3. The van der Waals surface area contributed by atoms with Crippen LogP contribution in [0.1, 0.15) is 78.0 Å². The van der Waals surface area contributed by atoms with E-state index in [9.17, 15) is 19.2 Å². The highest BCUT2D eigenvalue weighted by Crippen LogP contribution is 2.39. The number of nitrogens with zero attached hydrogens (tertiary/aromatic N) is 2. The van der Waals surface area contributed by atoms with Gasteiger partial charge < -0.3 is 10.6 Å². The molecular weight excluding hydrogens is 396 g/mol. The average Bonchev–Trinajstić information content (AvgIpc) is 2.94. The van der Waals surface area contributed by atoms with Crippen LogP contribution in [0.25, 0.3) is 5.69 Å². The predicted octanol–water partition coefficient (Wildman–Crippen LogP) is 2.49. The van der Waals surface area contributed by atoms with Crippen molar-refractivity contribution >= 4 is 23.5 Å². The number of rotatable bonds is 2. The molecule has 1 aromatic carbocycles. The van der Waals surface area contributed by atoms with Gasteiger partial charge in [0.25, 0.3) is 23.3 Å². The molecule has 0 radical (unpaired) electrons. The van der Waals surface area contributed by atoms with Gasteiger partial charge in [-0.15, -0.1) is 0 Å². The van der Waals surface area contributed by atoms with Crippen molar-refractivity contribution in [1.82, 2.24) is 14.8 Å². The lowest BCUT2D eigenvalue weighted by Crippen LogP contribution is -2.60. The summed E-state index contributed by atoms with van der Waals surface area (Å²) in [7, 11) is 0. The van der Waals surface area contributed by atoms with Crippen LogP contribution in [0.5, 0.6) is 0 Å². The molecule has 0 bridgehead atoms. The molecule has 0 saturated carbocycles. The molecule has 162 valence electrons. The number of hydrogen-bond acceptors (Lipinski definition) is 5. The molecule has 0 unspecified atom stereocenters. The molecule has 2 aromatic rings. The van der Waals surface area contributed by atoms with E-state index >= 15 is 0 Å². The second-order valence-electron chi connectivity index (χ2n) is 9.44. The molecule has 0 atom stereocenters. The number of carbonyl (C=O) groups is 3. The lowest BCUT2D eigenvalue weighted by atomic mass is 9.79. The van der Waals surface area contributed by atoms with Crippen molar-refractivity contribution in [2.45, 2.75) is 58.0 Å². The van der Waals surface area contributed by atoms with Crippen molar-refractivity contribution < 1.29 is 14.4 Å². The van der Waals surface area contributed by atoms with Crippen LogP contribution >= 0.6 is 0 Å². The number of pyridine rings is 1. The first-order valence-electron chi connectivity index (χ1n) is 10.3. The van der Waals surface area contributed by atoms with Gasteiger partial charge in [0.1, 0.15) is 5.82 Å². The Hall–Kier alpha value is -3.42. The minimum atomic E-state index is -0.636. The number of nitrogens with two attached hydrogens (primary N) is 1. The first kappa shape index (κ1) is 20.8. The van der Waals surface area contributed by atoms with E-state index in [1.165, 1.54) is 4.57 Å². The molecule has 3 heterocycles. The van der Waals surface area contributed by atoms with E-state index in [0.717, 1.165) is 25.3 Å². The fourth-order valence-corrected chi connectivity index (χ4v) is 4.97. The molecule has 4 rings (SSSR count). The van der Waals surface area contributed by atoms with Gasteiger partial charge in [0.05, 0.1) is 16.8 Å². The Labute approximate surface area is 180 Å². The van der Waals surface area contributed by atoms with Gasteiger partial charge in [-0.25, -0.2) is 0 Å². The van der Waals surface area contributed by atoms with E-state index in [-0.39, 0.29) is 33.9 Å². The number of fused-ring (bicyclic) bond motifs is 1. The van der Waals surface area contributed by atoms with Gasteiger partial charge in [0, 0.05) is 22.7 Å². The van der Waals surface area contributed by atoms with Crippen LogP contribution in [0.2, 0.25) is 0 Å². The Morgan fingerprint density at radius 1 is 0.968 bits per heavy atom. The maximum absolute atomic E-state index is 13.4. The van der Waals surface area contributed by atoms with Crippen molar-refractivity contribution in [1.29, 1.82) is 0 Å². The summed E-state index contributed by atoms with van der Waals surface area (Å²) in [6, 6.07) is 7.65. The third kappa shape index (κ3) is 3.22. The number of hydrogen-bond donors (Lipinski definition) is 2. The number of piperidine rings is 1. The molecule has 1 saturated heterocycles. The first-order valence-corrected chi connectivity index (χ1v) is 10.3. The van der Waals surface area contributed by atoms with Crippen LogP contribution in [0.4, 0.5) is 5.82 Å². The second-order valence-corrected chi connectivity index (χ2v) is 9.44. The molecule has 8 nitrogen and oxygen atoms in total. The Kier molecular flexibility index (Phi) is 4.57. The van der Waals surface area contributed by atoms with Crippen molar-refractivity contribution in [3.63, 3.8) is 0 Å². The fourth-order valence-electron chi connectivity index (χ4n) is 4.97. The number of nitrogen functional groups attached to an aromatic ring is 1. The minimum Gasteiger partial charge on any atom is -0.384 e. The van der Waals surface area contributed by atoms with Crippen LogP contribution in [0, 0.1) is 0 Å². The molecule has 3 N–H and O–H groups in total. The van der Waals surface area contributed by atoms with Crippen molar-refractivity contribution in [2.75, 3.05) is 5.73 Å². The number of anilines is 1. The SMILES string of the molecule is CC1(C)CCCC(C)(C)N1C(=O)c1ccc(-n2c(N)c3c(cc2=O)C(=O)NC3=O)cc1. The van der Waals surface area contributed by atoms with Crippen LogP contribution in [-0.4, -0.2) is 38.3 Å². The summed E-state index contributed by atoms with van der Waals surface area (Å²) in [6.07, 6.45) is 2.93. The first-order chi connectivity index (χ1) is 14.4. The number of benzene rings is 1. The number of amides is 3. The smallest absolute Gasteiger partial charge is 0.262 e. The van der Waals surface area contributed by atoms with Crippen LogP contribution in [-0.2, 0) is 0 Å². The molecule has 2 aliphatic heterocycles. The highest BCUT2D eigenvalue weighted by molar-refractivity contribution is 6.23. The fraction of sp³-hybridized carbons (Fsp3) is 0.391. The second kappa shape index (κ2) is 6.80. The third-order valence-corrected chi connectivity index (χ3v) is 6.32. The van der Waals surface area contributed by atoms with E-state index in [4.69, 9.17) is 5.73 Å². The Balaban J connectivity index is 1.73. The summed E-state index contributed by atoms with van der Waals surface area (Å²) < 4.78 is 1.17. The highest BCUT2D eigenvalue weighted by Gasteiger charge is 2.44. The molecule has 0 aliphatic carbocycles. The highest BCUT2D eigenvalue weighted by atomic mass is 16.2. The minimum absolute atomic E-state index is 0.0124. The summed E-state index contributed by atoms with van der Waals surface area (Å²) >= 11 is 0. The van der Waals surface area contributed by atoms with Gasteiger partial charge in [0.15, 0.2) is 0 Å². The number of imide groups is 1. The molecule has 1 fully saturated rings. The van der Waals surface area contributed by atoms with Crippen molar-refractivity contribution in [3.8, 4) is 5.69 Å². The van der Waals surface area contributed by atoms with Gasteiger partial charge in [-0.3, -0.25) is 29.1 Å². The zero-order valence-electron chi connectivity index (χ0n) is 18.1. The van der Waals surface area contributed by atoms with E-state index in [1.54, 1.807) is 24.3 Å². The molecule has 8 heteroatoms. The molecule has 1 aromatic heterocycles. The summed E-state index contributed by atoms with van der Waals surface area (Å²) in [5, 5.41) is 2.14. The van der Waals surface area contributed by atoms with Crippen LogP contribution < -0.4 is 16.6 Å². The Morgan fingerprint density at radius 2 is 1.55 bits per heavy atom. The third-order valence-electron chi connectivity index (χ3n) is 6.32. The van der Waals surface area contributed by atoms with Crippen LogP contribution in [0.15, 0.2) is 35.1 Å². The maximum Gasteiger partial charge on any atom is 0.262 e. The van der Waals surface area contributed by atoms with E-state index in [1.807, 2.05) is 4.90 Å². The number of nitrogens with one attached hydrogen (secondary N) is 1. The Morgan fingerprint density at radius 3 is 2.13 bits per heavy atom. The Bertz CT molecular complexity index is 1160. The van der Waals surface area contributed by atoms with E-state index in [0.29, 0.717) is 11.3 Å². The molecule has 0 spiro atoms. The maximum atomic E-state index is 13.4. The van der Waals surface area contributed by atoms with E-state index < -0.39 is 17.4 Å². The quantitative estimate of drug-likeness (QED) is 0.722. The molecular formula is C23H26N4O4. The van der Waals surface area contributed by atoms with Gasteiger partial charge >= 0.3 is 0 Å². The predicted molar refractivity (Wildman–Crippen MR) is 116 cm³/mol. The summed E-state index contributed by atoms with van der Waals surface area (Å²) in [4.78, 5) is 51.8. The topological polar surface area (TPSA) is 114 Å². The van der Waals surface area contributed by atoms with Crippen LogP contribution in [0.3, 0.4) is 0 Å². The van der Waals surface area contributed by atoms with E-state index in [2.05, 4.69) is 33.0 Å². The van der Waals surface area contributed by atoms with Crippen molar-refractivity contribution in [2.24, 2.45) is 0 Å². The zero-order chi connectivity index (χ0) is 22.7. The molecule has 2 aliphatic rings. The number of likely N-dealkylation sites (tertiary alicyclic amines) is 1. The lowest BCUT2D eigenvalue weighted by Gasteiger charge is -2.53.